The number of rotatable bonds is 5. The van der Waals surface area contributed by atoms with Gasteiger partial charge in [0.15, 0.2) is 11.5 Å². The van der Waals surface area contributed by atoms with Gasteiger partial charge in [0.05, 0.1) is 12.2 Å². The van der Waals surface area contributed by atoms with Gasteiger partial charge >= 0.3 is 0 Å². The molecule has 1 aromatic rings. The number of benzene rings is 1. The molecule has 1 fully saturated rings. The fraction of sp³-hybridized carbons (Fsp3) is 0.625. The number of nitrogens with two attached hydrogens (primary N) is 1. The second-order valence-electron chi connectivity index (χ2n) is 5.95. The topological polar surface area (TPSA) is 62.9 Å². The van der Waals surface area contributed by atoms with Crippen LogP contribution in [0.15, 0.2) is 12.1 Å². The van der Waals surface area contributed by atoms with Crippen LogP contribution in [0.4, 0.5) is 0 Å². The van der Waals surface area contributed by atoms with E-state index in [2.05, 4.69) is 6.92 Å². The standard InChI is InChI=1S/C16H23NO4/c1-10(17)5-12-6-15-16(20-9-19-15)7-14(12)18-8-13-4-3-11(2)21-13/h6-7,10-11,13H,3-5,8-9,17H2,1-2H3. The summed E-state index contributed by atoms with van der Waals surface area (Å²) in [6.45, 7) is 4.91. The predicted octanol–water partition coefficient (Wildman–Crippen LogP) is 2.25. The molecule has 2 aliphatic heterocycles. The molecule has 3 rings (SSSR count). The molecule has 0 amide bonds. The van der Waals surface area contributed by atoms with Gasteiger partial charge in [0.1, 0.15) is 12.4 Å². The molecule has 0 saturated carbocycles. The zero-order valence-corrected chi connectivity index (χ0v) is 12.6. The van der Waals surface area contributed by atoms with Gasteiger partial charge in [0, 0.05) is 12.1 Å². The van der Waals surface area contributed by atoms with Gasteiger partial charge in [-0.3, -0.25) is 0 Å². The molecular weight excluding hydrogens is 270 g/mol. The van der Waals surface area contributed by atoms with Gasteiger partial charge in [-0.2, -0.15) is 0 Å². The molecule has 2 N–H and O–H groups in total. The monoisotopic (exact) mass is 293 g/mol. The van der Waals surface area contributed by atoms with Crippen molar-refractivity contribution in [1.82, 2.24) is 0 Å². The first kappa shape index (κ1) is 14.5. The normalized spacial score (nSPS) is 25.1. The van der Waals surface area contributed by atoms with Gasteiger partial charge in [0.25, 0.3) is 0 Å². The van der Waals surface area contributed by atoms with Crippen LogP contribution in [0.2, 0.25) is 0 Å². The highest BCUT2D eigenvalue weighted by Crippen LogP contribution is 2.38. The molecule has 0 spiro atoms. The van der Waals surface area contributed by atoms with Crippen LogP contribution < -0.4 is 19.9 Å². The number of fused-ring (bicyclic) bond motifs is 1. The molecule has 0 radical (unpaired) electrons. The Hall–Kier alpha value is -1.46. The zero-order valence-electron chi connectivity index (χ0n) is 12.6. The Morgan fingerprint density at radius 2 is 2.05 bits per heavy atom. The van der Waals surface area contributed by atoms with E-state index in [0.29, 0.717) is 12.7 Å². The minimum Gasteiger partial charge on any atom is -0.490 e. The molecule has 2 heterocycles. The van der Waals surface area contributed by atoms with Gasteiger partial charge in [-0.25, -0.2) is 0 Å². The maximum atomic E-state index is 5.98. The second-order valence-corrected chi connectivity index (χ2v) is 5.95. The maximum Gasteiger partial charge on any atom is 0.231 e. The van der Waals surface area contributed by atoms with Gasteiger partial charge in [-0.15, -0.1) is 0 Å². The van der Waals surface area contributed by atoms with Crippen molar-refractivity contribution in [3.63, 3.8) is 0 Å². The lowest BCUT2D eigenvalue weighted by Crippen LogP contribution is -2.20. The minimum absolute atomic E-state index is 0.0653. The van der Waals surface area contributed by atoms with Crippen molar-refractivity contribution < 1.29 is 18.9 Å². The molecule has 3 unspecified atom stereocenters. The lowest BCUT2D eigenvalue weighted by atomic mass is 10.1. The molecular formula is C16H23NO4. The van der Waals surface area contributed by atoms with Crippen LogP contribution >= 0.6 is 0 Å². The Morgan fingerprint density at radius 3 is 2.71 bits per heavy atom. The maximum absolute atomic E-state index is 5.98. The molecule has 116 valence electrons. The third-order valence-electron chi connectivity index (χ3n) is 3.84. The molecule has 5 nitrogen and oxygen atoms in total. The third kappa shape index (κ3) is 3.41. The highest BCUT2D eigenvalue weighted by Gasteiger charge is 2.24. The van der Waals surface area contributed by atoms with Gasteiger partial charge in [-0.05, 0) is 44.7 Å². The zero-order chi connectivity index (χ0) is 14.8. The fourth-order valence-corrected chi connectivity index (χ4v) is 2.80. The minimum atomic E-state index is 0.0653. The first-order valence-corrected chi connectivity index (χ1v) is 7.58. The van der Waals surface area contributed by atoms with Crippen molar-refractivity contribution >= 4 is 0 Å². The molecule has 21 heavy (non-hydrogen) atoms. The highest BCUT2D eigenvalue weighted by atomic mass is 16.7. The third-order valence-corrected chi connectivity index (χ3v) is 3.84. The Balaban J connectivity index is 1.72. The number of ether oxygens (including phenoxy) is 4. The first-order chi connectivity index (χ1) is 10.1. The molecule has 5 heteroatoms. The summed E-state index contributed by atoms with van der Waals surface area (Å²) in [7, 11) is 0. The van der Waals surface area contributed by atoms with Crippen molar-refractivity contribution in [3.05, 3.63) is 17.7 Å². The van der Waals surface area contributed by atoms with E-state index in [1.165, 1.54) is 0 Å². The van der Waals surface area contributed by atoms with Crippen molar-refractivity contribution in [2.24, 2.45) is 5.73 Å². The van der Waals surface area contributed by atoms with Crippen molar-refractivity contribution in [3.8, 4) is 17.2 Å². The van der Waals surface area contributed by atoms with Crippen molar-refractivity contribution in [2.75, 3.05) is 13.4 Å². The Labute approximate surface area is 125 Å². The number of hydrogen-bond donors (Lipinski definition) is 1. The van der Waals surface area contributed by atoms with E-state index in [9.17, 15) is 0 Å². The van der Waals surface area contributed by atoms with Crippen molar-refractivity contribution in [1.29, 1.82) is 0 Å². The number of hydrogen-bond acceptors (Lipinski definition) is 5. The lowest BCUT2D eigenvalue weighted by molar-refractivity contribution is 0.0262. The Morgan fingerprint density at radius 1 is 1.29 bits per heavy atom. The summed E-state index contributed by atoms with van der Waals surface area (Å²) in [6, 6.07) is 3.94. The van der Waals surface area contributed by atoms with Crippen molar-refractivity contribution in [2.45, 2.75) is 51.4 Å². The van der Waals surface area contributed by atoms with Gasteiger partial charge < -0.3 is 24.7 Å². The predicted molar refractivity (Wildman–Crippen MR) is 79.0 cm³/mol. The van der Waals surface area contributed by atoms with E-state index in [-0.39, 0.29) is 18.9 Å². The molecule has 1 saturated heterocycles. The van der Waals surface area contributed by atoms with Crippen LogP contribution in [-0.2, 0) is 11.2 Å². The molecule has 0 bridgehead atoms. The largest absolute Gasteiger partial charge is 0.490 e. The Bertz CT molecular complexity index is 503. The SMILES string of the molecule is CC(N)Cc1cc2c(cc1OCC1CCC(C)O1)OCO2. The van der Waals surface area contributed by atoms with E-state index in [4.69, 9.17) is 24.7 Å². The average molecular weight is 293 g/mol. The summed E-state index contributed by atoms with van der Waals surface area (Å²) >= 11 is 0. The lowest BCUT2D eigenvalue weighted by Gasteiger charge is -2.17. The Kier molecular flexibility index (Phi) is 4.22. The van der Waals surface area contributed by atoms with E-state index in [1.54, 1.807) is 0 Å². The smallest absolute Gasteiger partial charge is 0.231 e. The molecule has 3 atom stereocenters. The van der Waals surface area contributed by atoms with E-state index in [0.717, 1.165) is 42.1 Å². The van der Waals surface area contributed by atoms with Crippen LogP contribution in [0, 0.1) is 0 Å². The molecule has 0 aromatic heterocycles. The van der Waals surface area contributed by atoms with Crippen LogP contribution in [0.3, 0.4) is 0 Å². The summed E-state index contributed by atoms with van der Waals surface area (Å²) in [6.07, 6.45) is 3.40. The highest BCUT2D eigenvalue weighted by molar-refractivity contribution is 5.52. The molecule has 1 aromatic carbocycles. The summed E-state index contributed by atoms with van der Waals surface area (Å²) in [4.78, 5) is 0. The van der Waals surface area contributed by atoms with Gasteiger partial charge in [-0.1, -0.05) is 0 Å². The van der Waals surface area contributed by atoms with Crippen LogP contribution in [-0.4, -0.2) is 31.6 Å². The van der Waals surface area contributed by atoms with E-state index >= 15 is 0 Å². The summed E-state index contributed by atoms with van der Waals surface area (Å²) in [5.41, 5.74) is 6.98. The average Bonchev–Trinajstić information content (AvgIpc) is 3.03. The molecule has 2 aliphatic rings. The van der Waals surface area contributed by atoms with Gasteiger partial charge in [0.2, 0.25) is 6.79 Å². The van der Waals surface area contributed by atoms with Crippen LogP contribution in [0.25, 0.3) is 0 Å². The summed E-state index contributed by atoms with van der Waals surface area (Å²) < 4.78 is 22.6. The molecule has 0 aliphatic carbocycles. The fourth-order valence-electron chi connectivity index (χ4n) is 2.80. The van der Waals surface area contributed by atoms with E-state index in [1.807, 2.05) is 19.1 Å². The summed E-state index contributed by atoms with van der Waals surface area (Å²) in [5.74, 6) is 2.32. The first-order valence-electron chi connectivity index (χ1n) is 7.58. The van der Waals surface area contributed by atoms with E-state index < -0.39 is 0 Å². The second kappa shape index (κ2) is 6.12. The van der Waals surface area contributed by atoms with Crippen LogP contribution in [0.1, 0.15) is 32.3 Å². The summed E-state index contributed by atoms with van der Waals surface area (Å²) in [5, 5.41) is 0. The quantitative estimate of drug-likeness (QED) is 0.902. The van der Waals surface area contributed by atoms with Crippen LogP contribution in [0.5, 0.6) is 17.2 Å².